The SMILES string of the molecule is CCCC(=O)Cc1cc2cc([N+](=O)[O-])ccc2oc1=O. The third kappa shape index (κ3) is 2.90. The van der Waals surface area contributed by atoms with E-state index in [1.54, 1.807) is 0 Å². The average molecular weight is 275 g/mol. The van der Waals surface area contributed by atoms with Gasteiger partial charge in [0.15, 0.2) is 0 Å². The highest BCUT2D eigenvalue weighted by Crippen LogP contribution is 2.20. The summed E-state index contributed by atoms with van der Waals surface area (Å²) in [6.07, 6.45) is 1.10. The summed E-state index contributed by atoms with van der Waals surface area (Å²) >= 11 is 0. The number of ketones is 1. The first-order chi connectivity index (χ1) is 9.51. The van der Waals surface area contributed by atoms with E-state index >= 15 is 0 Å². The molecule has 0 spiro atoms. The Balaban J connectivity index is 2.45. The van der Waals surface area contributed by atoms with E-state index in [4.69, 9.17) is 4.42 Å². The molecule has 6 nitrogen and oxygen atoms in total. The maximum atomic E-state index is 11.7. The molecule has 2 aromatic rings. The number of non-ortho nitro benzene ring substituents is 1. The summed E-state index contributed by atoms with van der Waals surface area (Å²) in [7, 11) is 0. The van der Waals surface area contributed by atoms with Gasteiger partial charge in [-0.1, -0.05) is 6.92 Å². The Morgan fingerprint density at radius 1 is 1.35 bits per heavy atom. The molecule has 1 aromatic carbocycles. The number of hydrogen-bond acceptors (Lipinski definition) is 5. The van der Waals surface area contributed by atoms with E-state index in [-0.39, 0.29) is 29.0 Å². The predicted octanol–water partition coefficient (Wildman–Crippen LogP) is 2.61. The molecular weight excluding hydrogens is 262 g/mol. The Bertz CT molecular complexity index is 732. The summed E-state index contributed by atoms with van der Waals surface area (Å²) in [4.78, 5) is 33.5. The van der Waals surface area contributed by atoms with Crippen LogP contribution in [-0.4, -0.2) is 10.7 Å². The molecule has 0 unspecified atom stereocenters. The zero-order chi connectivity index (χ0) is 14.7. The summed E-state index contributed by atoms with van der Waals surface area (Å²) in [5.41, 5.74) is -0.156. The number of hydrogen-bond donors (Lipinski definition) is 0. The lowest BCUT2D eigenvalue weighted by Gasteiger charge is -2.01. The van der Waals surface area contributed by atoms with Crippen LogP contribution < -0.4 is 5.63 Å². The van der Waals surface area contributed by atoms with Crippen molar-refractivity contribution in [2.75, 3.05) is 0 Å². The molecule has 0 saturated carbocycles. The van der Waals surface area contributed by atoms with E-state index < -0.39 is 10.5 Å². The number of nitro benzene ring substituents is 1. The third-order valence-corrected chi connectivity index (χ3v) is 2.92. The first-order valence-corrected chi connectivity index (χ1v) is 6.24. The lowest BCUT2D eigenvalue weighted by molar-refractivity contribution is -0.384. The van der Waals surface area contributed by atoms with Crippen LogP contribution in [0.3, 0.4) is 0 Å². The van der Waals surface area contributed by atoms with Crippen molar-refractivity contribution in [3.63, 3.8) is 0 Å². The normalized spacial score (nSPS) is 10.7. The van der Waals surface area contributed by atoms with Crippen LogP contribution in [0.1, 0.15) is 25.3 Å². The van der Waals surface area contributed by atoms with Crippen LogP contribution >= 0.6 is 0 Å². The number of nitrogens with zero attached hydrogens (tertiary/aromatic N) is 1. The molecule has 1 aromatic heterocycles. The molecule has 0 bridgehead atoms. The molecular formula is C14H13NO5. The Morgan fingerprint density at radius 3 is 2.75 bits per heavy atom. The van der Waals surface area contributed by atoms with Gasteiger partial charge in [-0.2, -0.15) is 0 Å². The summed E-state index contributed by atoms with van der Waals surface area (Å²) in [6, 6.07) is 5.47. The summed E-state index contributed by atoms with van der Waals surface area (Å²) in [5, 5.41) is 11.2. The van der Waals surface area contributed by atoms with Gasteiger partial charge < -0.3 is 4.42 Å². The van der Waals surface area contributed by atoms with Crippen LogP contribution in [0.5, 0.6) is 0 Å². The highest BCUT2D eigenvalue weighted by atomic mass is 16.6. The quantitative estimate of drug-likeness (QED) is 0.475. The molecule has 0 aliphatic heterocycles. The molecule has 20 heavy (non-hydrogen) atoms. The minimum atomic E-state index is -0.573. The fourth-order valence-electron chi connectivity index (χ4n) is 1.97. The van der Waals surface area contributed by atoms with Crippen molar-refractivity contribution in [2.45, 2.75) is 26.2 Å². The third-order valence-electron chi connectivity index (χ3n) is 2.92. The van der Waals surface area contributed by atoms with Crippen LogP contribution in [0.15, 0.2) is 33.5 Å². The van der Waals surface area contributed by atoms with Gasteiger partial charge in [0.1, 0.15) is 11.4 Å². The molecule has 0 fully saturated rings. The summed E-state index contributed by atoms with van der Waals surface area (Å²) < 4.78 is 5.08. The second-order valence-electron chi connectivity index (χ2n) is 4.50. The van der Waals surface area contributed by atoms with Crippen LogP contribution in [-0.2, 0) is 11.2 Å². The number of benzene rings is 1. The Hall–Kier alpha value is -2.50. The van der Waals surface area contributed by atoms with Crippen molar-refractivity contribution in [1.29, 1.82) is 0 Å². The van der Waals surface area contributed by atoms with Crippen molar-refractivity contribution in [3.05, 3.63) is 50.4 Å². The zero-order valence-electron chi connectivity index (χ0n) is 10.9. The smallest absolute Gasteiger partial charge is 0.339 e. The van der Waals surface area contributed by atoms with Crippen LogP contribution in [0.25, 0.3) is 11.0 Å². The van der Waals surface area contributed by atoms with Gasteiger partial charge in [0.05, 0.1) is 4.92 Å². The molecule has 104 valence electrons. The lowest BCUT2D eigenvalue weighted by Crippen LogP contribution is -2.12. The van der Waals surface area contributed by atoms with E-state index in [1.165, 1.54) is 24.3 Å². The predicted molar refractivity (Wildman–Crippen MR) is 72.8 cm³/mol. The molecule has 0 aliphatic rings. The number of Topliss-reactive ketones (excluding diaryl/α,β-unsaturated/α-hetero) is 1. The van der Waals surface area contributed by atoms with Gasteiger partial charge in [0.25, 0.3) is 5.69 Å². The maximum Gasteiger partial charge on any atom is 0.339 e. The highest BCUT2D eigenvalue weighted by Gasteiger charge is 2.12. The average Bonchev–Trinajstić information content (AvgIpc) is 2.39. The van der Waals surface area contributed by atoms with E-state index in [0.717, 1.165) is 0 Å². The molecule has 0 radical (unpaired) electrons. The molecule has 1 heterocycles. The van der Waals surface area contributed by atoms with E-state index in [0.29, 0.717) is 18.2 Å². The first kappa shape index (κ1) is 13.9. The number of carbonyl (C=O) groups is 1. The second-order valence-corrected chi connectivity index (χ2v) is 4.50. The minimum Gasteiger partial charge on any atom is -0.423 e. The molecule has 0 amide bonds. The molecule has 0 N–H and O–H groups in total. The number of carbonyl (C=O) groups excluding carboxylic acids is 1. The van der Waals surface area contributed by atoms with Crippen molar-refractivity contribution in [3.8, 4) is 0 Å². The van der Waals surface area contributed by atoms with Gasteiger partial charge in [-0.05, 0) is 18.6 Å². The van der Waals surface area contributed by atoms with Crippen LogP contribution in [0.2, 0.25) is 0 Å². The monoisotopic (exact) mass is 275 g/mol. The standard InChI is InChI=1S/C14H13NO5/c1-2-3-12(16)8-10-6-9-7-11(15(18)19)4-5-13(9)20-14(10)17/h4-7H,2-3,8H2,1H3. The fourth-order valence-corrected chi connectivity index (χ4v) is 1.97. The summed E-state index contributed by atoms with van der Waals surface area (Å²) in [5.74, 6) is -0.0513. The molecule has 2 rings (SSSR count). The topological polar surface area (TPSA) is 90.4 Å². The summed E-state index contributed by atoms with van der Waals surface area (Å²) in [6.45, 7) is 1.88. The molecule has 0 atom stereocenters. The minimum absolute atomic E-state index is 0.00515. The highest BCUT2D eigenvalue weighted by molar-refractivity contribution is 5.83. The Kier molecular flexibility index (Phi) is 3.93. The van der Waals surface area contributed by atoms with E-state index in [9.17, 15) is 19.7 Å². The molecule has 0 aliphatic carbocycles. The largest absolute Gasteiger partial charge is 0.423 e. The van der Waals surface area contributed by atoms with Gasteiger partial charge in [0, 0.05) is 35.9 Å². The van der Waals surface area contributed by atoms with Gasteiger partial charge in [-0.15, -0.1) is 0 Å². The van der Waals surface area contributed by atoms with Crippen molar-refractivity contribution < 1.29 is 14.1 Å². The van der Waals surface area contributed by atoms with Gasteiger partial charge >= 0.3 is 5.63 Å². The number of rotatable bonds is 5. The van der Waals surface area contributed by atoms with Gasteiger partial charge in [-0.25, -0.2) is 4.79 Å². The lowest BCUT2D eigenvalue weighted by atomic mass is 10.1. The van der Waals surface area contributed by atoms with Crippen molar-refractivity contribution >= 4 is 22.4 Å². The van der Waals surface area contributed by atoms with Crippen LogP contribution in [0, 0.1) is 10.1 Å². The van der Waals surface area contributed by atoms with E-state index in [2.05, 4.69) is 0 Å². The maximum absolute atomic E-state index is 11.7. The zero-order valence-corrected chi connectivity index (χ0v) is 10.9. The Morgan fingerprint density at radius 2 is 2.10 bits per heavy atom. The van der Waals surface area contributed by atoms with Crippen LogP contribution in [0.4, 0.5) is 5.69 Å². The molecule has 0 saturated heterocycles. The van der Waals surface area contributed by atoms with Crippen molar-refractivity contribution in [2.24, 2.45) is 0 Å². The van der Waals surface area contributed by atoms with Gasteiger partial charge in [-0.3, -0.25) is 14.9 Å². The van der Waals surface area contributed by atoms with Crippen molar-refractivity contribution in [1.82, 2.24) is 0 Å². The number of fused-ring (bicyclic) bond motifs is 1. The van der Waals surface area contributed by atoms with Gasteiger partial charge in [0.2, 0.25) is 0 Å². The Labute approximate surface area is 114 Å². The fraction of sp³-hybridized carbons (Fsp3) is 0.286. The number of nitro groups is 1. The second kappa shape index (κ2) is 5.64. The molecule has 6 heteroatoms. The first-order valence-electron chi connectivity index (χ1n) is 6.24. The van der Waals surface area contributed by atoms with E-state index in [1.807, 2.05) is 6.92 Å².